The van der Waals surface area contributed by atoms with Gasteiger partial charge in [0.1, 0.15) is 0 Å². The Labute approximate surface area is 113 Å². The zero-order valence-corrected chi connectivity index (χ0v) is 11.1. The highest BCUT2D eigenvalue weighted by molar-refractivity contribution is 7.89. The second-order valence-corrected chi connectivity index (χ2v) is 5.26. The number of hydrogen-bond donors (Lipinski definition) is 1. The third kappa shape index (κ3) is 4.10. The Morgan fingerprint density at radius 3 is 2.47 bits per heavy atom. The van der Waals surface area contributed by atoms with E-state index in [1.807, 2.05) is 5.16 Å². The Morgan fingerprint density at radius 1 is 1.37 bits per heavy atom. The molecule has 1 rings (SSSR count). The summed E-state index contributed by atoms with van der Waals surface area (Å²) in [6, 6.07) is 2.82. The lowest BCUT2D eigenvalue weighted by molar-refractivity contribution is -0.138. The third-order valence-corrected chi connectivity index (χ3v) is 3.41. The van der Waals surface area contributed by atoms with Crippen molar-refractivity contribution in [1.82, 2.24) is 0 Å². The van der Waals surface area contributed by atoms with Gasteiger partial charge in [0.25, 0.3) is 0 Å². The quantitative estimate of drug-likeness (QED) is 0.683. The van der Waals surface area contributed by atoms with Crippen LogP contribution in [0, 0.1) is 0 Å². The van der Waals surface area contributed by atoms with Crippen LogP contribution in [0.4, 0.5) is 13.2 Å². The summed E-state index contributed by atoms with van der Waals surface area (Å²) in [5.41, 5.74) is -1.45. The molecule has 0 bridgehead atoms. The van der Waals surface area contributed by atoms with E-state index in [1.54, 1.807) is 0 Å². The predicted octanol–water partition coefficient (Wildman–Crippen LogP) is 2.00. The van der Waals surface area contributed by atoms with Gasteiger partial charge in [-0.05, 0) is 36.3 Å². The van der Waals surface area contributed by atoms with Crippen LogP contribution < -0.4 is 5.14 Å². The highest BCUT2D eigenvalue weighted by Gasteiger charge is 2.35. The maximum absolute atomic E-state index is 12.8. The van der Waals surface area contributed by atoms with Gasteiger partial charge in [0.15, 0.2) is 0 Å². The van der Waals surface area contributed by atoms with Crippen molar-refractivity contribution in [2.45, 2.75) is 17.5 Å². The molecule has 0 aliphatic heterocycles. The SMILES string of the molecule is NS(=O)(=O)c1cccc(C(F)(F)F)c1CCN=C=S. The molecule has 0 fully saturated rings. The normalized spacial score (nSPS) is 12.0. The van der Waals surface area contributed by atoms with E-state index in [-0.39, 0.29) is 13.0 Å². The van der Waals surface area contributed by atoms with E-state index in [0.717, 1.165) is 18.2 Å². The third-order valence-electron chi connectivity index (χ3n) is 2.28. The number of benzene rings is 1. The lowest BCUT2D eigenvalue weighted by Gasteiger charge is -2.15. The standard InChI is InChI=1S/C10H9F3N2O2S2/c11-10(12,13)8-2-1-3-9(19(14,16)17)7(8)4-5-15-6-18/h1-3H,4-5H2,(H2,14,16,17). The van der Waals surface area contributed by atoms with E-state index in [4.69, 9.17) is 5.14 Å². The predicted molar refractivity (Wildman–Crippen MR) is 66.4 cm³/mol. The number of aliphatic imine (C=N–C) groups is 1. The number of alkyl halides is 3. The topological polar surface area (TPSA) is 72.5 Å². The molecule has 1 aromatic rings. The first-order valence-corrected chi connectivity index (χ1v) is 6.89. The van der Waals surface area contributed by atoms with E-state index in [2.05, 4.69) is 17.2 Å². The molecule has 0 amide bonds. The number of nitrogens with zero attached hydrogens (tertiary/aromatic N) is 1. The number of hydrogen-bond acceptors (Lipinski definition) is 4. The van der Waals surface area contributed by atoms with Crippen molar-refractivity contribution < 1.29 is 21.6 Å². The Morgan fingerprint density at radius 2 is 2.00 bits per heavy atom. The van der Waals surface area contributed by atoms with Crippen molar-refractivity contribution >= 4 is 27.4 Å². The number of primary sulfonamides is 1. The van der Waals surface area contributed by atoms with Gasteiger partial charge in [-0.2, -0.15) is 13.2 Å². The molecule has 2 N–H and O–H groups in total. The Hall–Kier alpha value is -1.28. The van der Waals surface area contributed by atoms with E-state index in [1.165, 1.54) is 0 Å². The van der Waals surface area contributed by atoms with Crippen LogP contribution in [0.1, 0.15) is 11.1 Å². The first-order chi connectivity index (χ1) is 8.68. The number of sulfonamides is 1. The molecule has 1 aromatic carbocycles. The molecule has 19 heavy (non-hydrogen) atoms. The smallest absolute Gasteiger partial charge is 0.232 e. The Kier molecular flexibility index (Phi) is 4.81. The van der Waals surface area contributed by atoms with Gasteiger partial charge in [-0.15, -0.1) is 0 Å². The van der Waals surface area contributed by atoms with Crippen LogP contribution in [0.3, 0.4) is 0 Å². The van der Waals surface area contributed by atoms with Crippen molar-refractivity contribution in [2.24, 2.45) is 10.1 Å². The number of isothiocyanates is 1. The zero-order valence-electron chi connectivity index (χ0n) is 9.44. The highest BCUT2D eigenvalue weighted by atomic mass is 32.2. The van der Waals surface area contributed by atoms with Crippen LogP contribution in [-0.4, -0.2) is 20.1 Å². The number of nitrogens with two attached hydrogens (primary N) is 1. The summed E-state index contributed by atoms with van der Waals surface area (Å²) in [4.78, 5) is 2.92. The van der Waals surface area contributed by atoms with E-state index >= 15 is 0 Å². The minimum absolute atomic E-state index is 0.0981. The summed E-state index contributed by atoms with van der Waals surface area (Å²) < 4.78 is 61.1. The lowest BCUT2D eigenvalue weighted by atomic mass is 10.0. The van der Waals surface area contributed by atoms with Gasteiger partial charge in [0.2, 0.25) is 10.0 Å². The molecule has 0 spiro atoms. The molecule has 0 aliphatic rings. The van der Waals surface area contributed by atoms with E-state index in [0.29, 0.717) is 0 Å². The van der Waals surface area contributed by atoms with Crippen molar-refractivity contribution in [2.75, 3.05) is 6.54 Å². The largest absolute Gasteiger partial charge is 0.416 e. The van der Waals surface area contributed by atoms with Crippen LogP contribution in [0.25, 0.3) is 0 Å². The molecule has 104 valence electrons. The van der Waals surface area contributed by atoms with Crippen LogP contribution in [0.2, 0.25) is 0 Å². The van der Waals surface area contributed by atoms with Gasteiger partial charge in [0.05, 0.1) is 22.2 Å². The van der Waals surface area contributed by atoms with Gasteiger partial charge >= 0.3 is 6.18 Å². The molecule has 0 aliphatic carbocycles. The van der Waals surface area contributed by atoms with Crippen LogP contribution in [-0.2, 0) is 22.6 Å². The van der Waals surface area contributed by atoms with Crippen molar-refractivity contribution in [3.63, 3.8) is 0 Å². The summed E-state index contributed by atoms with van der Waals surface area (Å²) in [5, 5.41) is 6.91. The van der Waals surface area contributed by atoms with Gasteiger partial charge in [0, 0.05) is 0 Å². The molecular formula is C10H9F3N2O2S2. The molecule has 0 unspecified atom stereocenters. The van der Waals surface area contributed by atoms with E-state index in [9.17, 15) is 21.6 Å². The minimum atomic E-state index is -4.67. The number of rotatable bonds is 4. The molecular weight excluding hydrogens is 301 g/mol. The van der Waals surface area contributed by atoms with Crippen molar-refractivity contribution in [3.8, 4) is 0 Å². The second-order valence-electron chi connectivity index (χ2n) is 3.55. The highest BCUT2D eigenvalue weighted by Crippen LogP contribution is 2.34. The Bertz CT molecular complexity index is 620. The molecule has 0 aromatic heterocycles. The fourth-order valence-electron chi connectivity index (χ4n) is 1.57. The first-order valence-electron chi connectivity index (χ1n) is 4.93. The molecule has 0 saturated carbocycles. The molecule has 0 heterocycles. The van der Waals surface area contributed by atoms with Gasteiger partial charge < -0.3 is 0 Å². The summed E-state index contributed by atoms with van der Waals surface area (Å²) in [6.45, 7) is -0.0981. The van der Waals surface area contributed by atoms with Crippen molar-refractivity contribution in [1.29, 1.82) is 0 Å². The van der Waals surface area contributed by atoms with Crippen LogP contribution in [0.5, 0.6) is 0 Å². The summed E-state index contributed by atoms with van der Waals surface area (Å²) in [7, 11) is -4.24. The number of halogens is 3. The van der Waals surface area contributed by atoms with Crippen LogP contribution in [0.15, 0.2) is 28.1 Å². The maximum atomic E-state index is 12.8. The lowest BCUT2D eigenvalue weighted by Crippen LogP contribution is -2.19. The Balaban J connectivity index is 3.45. The second kappa shape index (κ2) is 5.79. The maximum Gasteiger partial charge on any atom is 0.416 e. The average Bonchev–Trinajstić information content (AvgIpc) is 2.26. The molecule has 0 saturated heterocycles. The average molecular weight is 310 g/mol. The molecule has 4 nitrogen and oxygen atoms in total. The summed E-state index contributed by atoms with van der Waals surface area (Å²) >= 11 is 4.30. The number of thiocarbonyl (C=S) groups is 1. The zero-order chi connectivity index (χ0) is 14.7. The summed E-state index contributed by atoms with van der Waals surface area (Å²) in [6.07, 6.45) is -4.91. The minimum Gasteiger partial charge on any atom is -0.232 e. The molecule has 9 heteroatoms. The van der Waals surface area contributed by atoms with Gasteiger partial charge in [-0.25, -0.2) is 18.5 Å². The first kappa shape index (κ1) is 15.8. The summed E-state index contributed by atoms with van der Waals surface area (Å²) in [5.74, 6) is 0. The molecule has 0 atom stereocenters. The van der Waals surface area contributed by atoms with Crippen LogP contribution >= 0.6 is 12.2 Å². The van der Waals surface area contributed by atoms with Gasteiger partial charge in [-0.3, -0.25) is 0 Å². The van der Waals surface area contributed by atoms with Crippen molar-refractivity contribution in [3.05, 3.63) is 29.3 Å². The monoisotopic (exact) mass is 310 g/mol. The fraction of sp³-hybridized carbons (Fsp3) is 0.300. The van der Waals surface area contributed by atoms with E-state index < -0.39 is 32.2 Å². The fourth-order valence-corrected chi connectivity index (χ4v) is 2.48. The molecule has 0 radical (unpaired) electrons. The van der Waals surface area contributed by atoms with Gasteiger partial charge in [-0.1, -0.05) is 6.07 Å².